The van der Waals surface area contributed by atoms with Gasteiger partial charge in [-0.3, -0.25) is 0 Å². The van der Waals surface area contributed by atoms with Crippen molar-refractivity contribution >= 4 is 6.08 Å². The van der Waals surface area contributed by atoms with Crippen LogP contribution in [-0.2, 0) is 17.8 Å². The second kappa shape index (κ2) is 7.17. The Hall–Kier alpha value is -2.24. The molecule has 2 aromatic carbocycles. The van der Waals surface area contributed by atoms with Crippen molar-refractivity contribution in [1.82, 2.24) is 0 Å². The van der Waals surface area contributed by atoms with Crippen molar-refractivity contribution in [2.45, 2.75) is 52.4 Å². The molecule has 0 spiro atoms. The lowest BCUT2D eigenvalue weighted by molar-refractivity contribution is -0.143. The van der Waals surface area contributed by atoms with Gasteiger partial charge in [0.15, 0.2) is 0 Å². The largest absolute Gasteiger partial charge is 0.416 e. The summed E-state index contributed by atoms with van der Waals surface area (Å²) < 4.78 is 80.7. The van der Waals surface area contributed by atoms with E-state index in [1.165, 1.54) is 0 Å². The van der Waals surface area contributed by atoms with E-state index in [0.717, 1.165) is 23.3 Å². The zero-order valence-corrected chi connectivity index (χ0v) is 17.4. The molecule has 3 rings (SSSR count). The maximum Gasteiger partial charge on any atom is 0.416 e. The van der Waals surface area contributed by atoms with Gasteiger partial charge in [0.25, 0.3) is 0 Å². The highest BCUT2D eigenvalue weighted by molar-refractivity contribution is 5.86. The molecule has 0 aliphatic heterocycles. The fourth-order valence-corrected chi connectivity index (χ4v) is 3.67. The number of halogens is 6. The van der Waals surface area contributed by atoms with Gasteiger partial charge in [-0.05, 0) is 57.3 Å². The van der Waals surface area contributed by atoms with E-state index >= 15 is 0 Å². The molecule has 0 saturated heterocycles. The average Bonchev–Trinajstić information content (AvgIpc) is 3.02. The molecule has 6 heteroatoms. The molecule has 0 aromatic heterocycles. The van der Waals surface area contributed by atoms with E-state index in [2.05, 4.69) is 0 Å². The second-order valence-electron chi connectivity index (χ2n) is 8.98. The number of allylic oxidation sites excluding steroid dienone is 1. The standard InChI is InChI=1S/C24H23F6/c1-13(2)15-8-14-6-7-20(22(3,4)5)21(19(14)11-15)16-9-17(23(25,26)27)12-18(10-16)24(28,29)30/h6-13H,1-5H3. The predicted molar refractivity (Wildman–Crippen MR) is 107 cm³/mol. The van der Waals surface area contributed by atoms with Gasteiger partial charge < -0.3 is 0 Å². The van der Waals surface area contributed by atoms with Gasteiger partial charge in [0.2, 0.25) is 0 Å². The van der Waals surface area contributed by atoms with Crippen LogP contribution in [0.1, 0.15) is 62.4 Å². The van der Waals surface area contributed by atoms with Crippen LogP contribution in [0.2, 0.25) is 0 Å². The summed E-state index contributed by atoms with van der Waals surface area (Å²) in [5.41, 5.74) is 0.400. The zero-order valence-electron chi connectivity index (χ0n) is 17.4. The summed E-state index contributed by atoms with van der Waals surface area (Å²) in [5.74, 6) is 0.176. The van der Waals surface area contributed by atoms with Crippen molar-refractivity contribution < 1.29 is 26.3 Å². The number of benzene rings is 2. The highest BCUT2D eigenvalue weighted by atomic mass is 19.4. The van der Waals surface area contributed by atoms with Gasteiger partial charge in [-0.15, -0.1) is 0 Å². The number of hydrogen-bond donors (Lipinski definition) is 0. The Morgan fingerprint density at radius 1 is 0.767 bits per heavy atom. The summed E-state index contributed by atoms with van der Waals surface area (Å²) in [6.07, 6.45) is -5.96. The topological polar surface area (TPSA) is 0 Å². The zero-order chi connectivity index (χ0) is 22.6. The van der Waals surface area contributed by atoms with Crippen molar-refractivity contribution in [2.24, 2.45) is 5.92 Å². The number of alkyl halides is 6. The number of fused-ring (bicyclic) bond motifs is 1. The Labute approximate surface area is 172 Å². The molecule has 30 heavy (non-hydrogen) atoms. The average molecular weight is 425 g/mol. The molecule has 161 valence electrons. The van der Waals surface area contributed by atoms with E-state index in [1.807, 2.05) is 53.2 Å². The first-order valence-electron chi connectivity index (χ1n) is 9.62. The molecule has 0 nitrogen and oxygen atoms in total. The summed E-state index contributed by atoms with van der Waals surface area (Å²) in [6, 6.07) is 5.49. The van der Waals surface area contributed by atoms with Crippen molar-refractivity contribution in [3.05, 3.63) is 70.1 Å². The van der Waals surface area contributed by atoms with Crippen LogP contribution in [0.4, 0.5) is 26.3 Å². The van der Waals surface area contributed by atoms with Crippen molar-refractivity contribution in [1.29, 1.82) is 0 Å². The van der Waals surface area contributed by atoms with Gasteiger partial charge in [-0.25, -0.2) is 0 Å². The quantitative estimate of drug-likeness (QED) is 0.425. The number of rotatable bonds is 2. The Morgan fingerprint density at radius 3 is 1.73 bits per heavy atom. The summed E-state index contributed by atoms with van der Waals surface area (Å²) in [6.45, 7) is 9.65. The lowest BCUT2D eigenvalue weighted by Crippen LogP contribution is -2.15. The molecule has 0 saturated carbocycles. The molecule has 1 radical (unpaired) electrons. The first-order chi connectivity index (χ1) is 13.6. The molecule has 2 aromatic rings. The summed E-state index contributed by atoms with van der Waals surface area (Å²) in [7, 11) is 0. The summed E-state index contributed by atoms with van der Waals surface area (Å²) >= 11 is 0. The predicted octanol–water partition coefficient (Wildman–Crippen LogP) is 8.29. The summed E-state index contributed by atoms with van der Waals surface area (Å²) in [4.78, 5) is 0. The molecule has 0 fully saturated rings. The maximum atomic E-state index is 13.4. The Kier molecular flexibility index (Phi) is 5.37. The van der Waals surface area contributed by atoms with Crippen LogP contribution in [0.25, 0.3) is 17.2 Å². The lowest BCUT2D eigenvalue weighted by atomic mass is 9.78. The van der Waals surface area contributed by atoms with Gasteiger partial charge in [0.05, 0.1) is 11.1 Å². The first kappa shape index (κ1) is 22.4. The third kappa shape index (κ3) is 4.28. The van der Waals surface area contributed by atoms with Crippen LogP contribution in [0, 0.1) is 12.3 Å². The van der Waals surface area contributed by atoms with Gasteiger partial charge in [-0.1, -0.05) is 58.4 Å². The Bertz CT molecular complexity index is 966. The van der Waals surface area contributed by atoms with Crippen LogP contribution in [0.3, 0.4) is 0 Å². The monoisotopic (exact) mass is 425 g/mol. The first-order valence-corrected chi connectivity index (χ1v) is 9.62. The highest BCUT2D eigenvalue weighted by Gasteiger charge is 2.38. The molecule has 0 unspecified atom stereocenters. The number of hydrogen-bond acceptors (Lipinski definition) is 0. The smallest absolute Gasteiger partial charge is 0.166 e. The Morgan fingerprint density at radius 2 is 1.30 bits per heavy atom. The molecule has 0 atom stereocenters. The van der Waals surface area contributed by atoms with Crippen molar-refractivity contribution in [3.63, 3.8) is 0 Å². The van der Waals surface area contributed by atoms with Gasteiger partial charge in [-0.2, -0.15) is 26.3 Å². The van der Waals surface area contributed by atoms with Crippen LogP contribution >= 0.6 is 0 Å². The molecule has 0 amide bonds. The molecule has 0 heterocycles. The van der Waals surface area contributed by atoms with Crippen molar-refractivity contribution in [3.8, 4) is 11.1 Å². The van der Waals surface area contributed by atoms with Crippen LogP contribution in [-0.4, -0.2) is 0 Å². The van der Waals surface area contributed by atoms with Gasteiger partial charge in [0, 0.05) is 6.42 Å². The van der Waals surface area contributed by atoms with E-state index < -0.39 is 28.9 Å². The second-order valence-corrected chi connectivity index (χ2v) is 8.98. The minimum absolute atomic E-state index is 0.0754. The normalized spacial score (nSPS) is 14.9. The molecule has 1 aliphatic carbocycles. The maximum absolute atomic E-state index is 13.4. The third-order valence-corrected chi connectivity index (χ3v) is 5.26. The third-order valence-electron chi connectivity index (χ3n) is 5.26. The minimum atomic E-state index is -4.89. The molecule has 0 bridgehead atoms. The van der Waals surface area contributed by atoms with E-state index in [9.17, 15) is 26.3 Å². The minimum Gasteiger partial charge on any atom is -0.166 e. The van der Waals surface area contributed by atoms with Gasteiger partial charge >= 0.3 is 12.4 Å². The van der Waals surface area contributed by atoms with Crippen molar-refractivity contribution in [2.75, 3.05) is 0 Å². The fourth-order valence-electron chi connectivity index (χ4n) is 3.67. The SMILES string of the molecule is CC(C)C1=Cc2c(ccc(C(C)(C)C)c2-c2cc(C(F)(F)F)cc(C(F)(F)F)c2)[CH]1. The van der Waals surface area contributed by atoms with E-state index in [4.69, 9.17) is 0 Å². The van der Waals surface area contributed by atoms with Gasteiger partial charge in [0.1, 0.15) is 0 Å². The Balaban J connectivity index is 2.39. The van der Waals surface area contributed by atoms with E-state index in [1.54, 1.807) is 6.07 Å². The lowest BCUT2D eigenvalue weighted by Gasteiger charge is -2.26. The summed E-state index contributed by atoms with van der Waals surface area (Å²) in [5, 5.41) is 0. The molecule has 0 N–H and O–H groups in total. The van der Waals surface area contributed by atoms with E-state index in [0.29, 0.717) is 16.7 Å². The molecular formula is C24H23F6. The van der Waals surface area contributed by atoms with Crippen LogP contribution in [0.15, 0.2) is 35.9 Å². The fraction of sp³-hybridized carbons (Fsp3) is 0.375. The van der Waals surface area contributed by atoms with Crippen LogP contribution in [0.5, 0.6) is 0 Å². The van der Waals surface area contributed by atoms with E-state index in [-0.39, 0.29) is 17.5 Å². The molecule has 1 aliphatic rings. The highest BCUT2D eigenvalue weighted by Crippen LogP contribution is 2.45. The molecular weight excluding hydrogens is 402 g/mol. The van der Waals surface area contributed by atoms with Crippen LogP contribution < -0.4 is 0 Å².